The van der Waals surface area contributed by atoms with E-state index in [0.717, 1.165) is 31.4 Å². The first-order chi connectivity index (χ1) is 25.5. The molecular formula is C34H56N9O9SY-. The van der Waals surface area contributed by atoms with Crippen molar-refractivity contribution >= 4 is 47.4 Å². The van der Waals surface area contributed by atoms with E-state index in [1.165, 1.54) is 6.33 Å². The summed E-state index contributed by atoms with van der Waals surface area (Å²) in [4.78, 5) is 64.9. The van der Waals surface area contributed by atoms with Gasteiger partial charge in [0.25, 0.3) is 5.91 Å². The summed E-state index contributed by atoms with van der Waals surface area (Å²) in [5.41, 5.74) is 5.34. The third-order valence-electron chi connectivity index (χ3n) is 9.04. The van der Waals surface area contributed by atoms with E-state index in [4.69, 9.17) is 24.7 Å². The van der Waals surface area contributed by atoms with Crippen LogP contribution in [0.4, 0.5) is 15.4 Å². The van der Waals surface area contributed by atoms with Gasteiger partial charge in [0.1, 0.15) is 12.0 Å². The summed E-state index contributed by atoms with van der Waals surface area (Å²) in [5.74, 6) is 0.253. The van der Waals surface area contributed by atoms with Gasteiger partial charge in [-0.15, -0.1) is 5.92 Å². The van der Waals surface area contributed by atoms with Crippen molar-refractivity contribution in [3.63, 3.8) is 0 Å². The molecule has 3 saturated heterocycles. The molecule has 1 aromatic rings. The fourth-order valence-electron chi connectivity index (χ4n) is 6.42. The molecule has 8 N–H and O–H groups in total. The number of primary amides is 1. The predicted molar refractivity (Wildman–Crippen MR) is 197 cm³/mol. The summed E-state index contributed by atoms with van der Waals surface area (Å²) < 4.78 is 24.1. The fraction of sp³-hybridized carbons (Fsp3) is 0.735. The van der Waals surface area contributed by atoms with Crippen LogP contribution in [0.3, 0.4) is 0 Å². The minimum absolute atomic E-state index is 0. The molecule has 4 heterocycles. The molecule has 0 unspecified atom stereocenters. The van der Waals surface area contributed by atoms with Gasteiger partial charge < -0.3 is 51.3 Å². The molecule has 3 aliphatic rings. The number of nitrogens with two attached hydrogens (primary N) is 1. The molecule has 1 radical (unpaired) electrons. The van der Waals surface area contributed by atoms with E-state index in [9.17, 15) is 24.0 Å². The third kappa shape index (κ3) is 14.8. The van der Waals surface area contributed by atoms with Crippen LogP contribution in [0, 0.1) is 12.3 Å². The van der Waals surface area contributed by atoms with Gasteiger partial charge in [-0.05, 0) is 19.8 Å². The molecule has 20 heteroatoms. The minimum Gasteiger partial charge on any atom is -0.389 e. The molecule has 7 atom stereocenters. The van der Waals surface area contributed by atoms with Crippen LogP contribution >= 0.6 is 11.8 Å². The average molecular weight is 856 g/mol. The molecule has 7 amide bonds. The molecule has 0 aliphatic carbocycles. The number of aromatic nitrogens is 2. The summed E-state index contributed by atoms with van der Waals surface area (Å²) in [6.45, 7) is 8.59. The summed E-state index contributed by atoms with van der Waals surface area (Å²) in [6.07, 6.45) is 7.01. The van der Waals surface area contributed by atoms with Crippen molar-refractivity contribution in [2.75, 3.05) is 63.8 Å². The van der Waals surface area contributed by atoms with Crippen molar-refractivity contribution in [2.24, 2.45) is 11.7 Å². The SMILES string of the molecule is CC[C@@H]1[CH-][C@H](C)[C@H](n2cnc(C(=O)N[C@H](C)CC(=O)NCCOCCOCCOCCNC(=O)CCCC[C@@H]3SC[C@H]4NC(=O)N[C@@H]34)c2NC(N)=O)O1.[Y]. The molecule has 54 heavy (non-hydrogen) atoms. The Bertz CT molecular complexity index is 1380. The normalized spacial score (nSPS) is 23.4. The van der Waals surface area contributed by atoms with Gasteiger partial charge in [-0.1, -0.05) is 32.8 Å². The number of ether oxygens (including phenoxy) is 4. The number of anilines is 1. The monoisotopic (exact) mass is 855 g/mol. The zero-order chi connectivity index (χ0) is 38.2. The summed E-state index contributed by atoms with van der Waals surface area (Å²) in [5, 5.41) is 17.2. The Kier molecular flexibility index (Phi) is 20.5. The molecule has 301 valence electrons. The maximum Gasteiger partial charge on any atom is 0.317 e. The Morgan fingerprint density at radius 1 is 1.06 bits per heavy atom. The van der Waals surface area contributed by atoms with Gasteiger partial charge in [0.05, 0.1) is 58.1 Å². The molecule has 3 aliphatic heterocycles. The number of hydrogen-bond donors (Lipinski definition) is 7. The minimum atomic E-state index is -0.844. The zero-order valence-electron chi connectivity index (χ0n) is 31.4. The van der Waals surface area contributed by atoms with Crippen LogP contribution in [-0.2, 0) is 61.2 Å². The molecule has 1 aromatic heterocycles. The maximum absolute atomic E-state index is 13.0. The number of rotatable bonds is 24. The van der Waals surface area contributed by atoms with E-state index in [0.29, 0.717) is 64.4 Å². The number of nitrogens with one attached hydrogen (secondary N) is 6. The Hall–Kier alpha value is -2.55. The molecule has 4 rings (SSSR count). The third-order valence-corrected chi connectivity index (χ3v) is 10.5. The van der Waals surface area contributed by atoms with E-state index in [-0.39, 0.29) is 92.6 Å². The van der Waals surface area contributed by atoms with Crippen molar-refractivity contribution in [1.82, 2.24) is 36.1 Å². The topological polar surface area (TPSA) is 238 Å². The van der Waals surface area contributed by atoms with Crippen LogP contribution in [0.25, 0.3) is 0 Å². The molecule has 0 saturated carbocycles. The van der Waals surface area contributed by atoms with Crippen LogP contribution < -0.4 is 37.6 Å². The van der Waals surface area contributed by atoms with Gasteiger partial charge in [-0.3, -0.25) is 30.7 Å². The molecule has 0 spiro atoms. The van der Waals surface area contributed by atoms with Gasteiger partial charge in [0.2, 0.25) is 11.8 Å². The van der Waals surface area contributed by atoms with Crippen LogP contribution in [-0.4, -0.2) is 127 Å². The second-order valence-electron chi connectivity index (χ2n) is 13.3. The van der Waals surface area contributed by atoms with Gasteiger partial charge >= 0.3 is 12.1 Å². The van der Waals surface area contributed by atoms with Crippen LogP contribution in [0.15, 0.2) is 6.33 Å². The van der Waals surface area contributed by atoms with Gasteiger partial charge in [-0.2, -0.15) is 11.8 Å². The van der Waals surface area contributed by atoms with Crippen molar-refractivity contribution in [3.05, 3.63) is 18.4 Å². The van der Waals surface area contributed by atoms with Gasteiger partial charge in [0, 0.05) is 75.7 Å². The number of carbonyl (C=O) groups is 5. The molecule has 0 aromatic carbocycles. The zero-order valence-corrected chi connectivity index (χ0v) is 35.1. The largest absolute Gasteiger partial charge is 0.389 e. The number of carbonyl (C=O) groups excluding carboxylic acids is 5. The Morgan fingerprint density at radius 3 is 2.37 bits per heavy atom. The van der Waals surface area contributed by atoms with E-state index in [1.54, 1.807) is 11.5 Å². The molecule has 3 fully saturated rings. The van der Waals surface area contributed by atoms with Gasteiger partial charge in [-0.25, -0.2) is 14.6 Å². The smallest absolute Gasteiger partial charge is 0.317 e. The second-order valence-corrected chi connectivity index (χ2v) is 14.6. The number of nitrogens with zero attached hydrogens (tertiary/aromatic N) is 2. The second kappa shape index (κ2) is 24.2. The van der Waals surface area contributed by atoms with Crippen LogP contribution in [0.2, 0.25) is 0 Å². The van der Waals surface area contributed by atoms with E-state index in [2.05, 4.69) is 43.3 Å². The van der Waals surface area contributed by atoms with E-state index in [1.807, 2.05) is 25.6 Å². The quantitative estimate of drug-likeness (QED) is 0.0441. The Labute approximate surface area is 346 Å². The number of imidazole rings is 1. The van der Waals surface area contributed by atoms with Gasteiger partial charge in [0.15, 0.2) is 5.69 Å². The van der Waals surface area contributed by atoms with Crippen molar-refractivity contribution < 1.29 is 75.6 Å². The number of fused-ring (bicyclic) bond motifs is 1. The number of thioether (sulfide) groups is 1. The molecule has 0 bridgehead atoms. The van der Waals surface area contributed by atoms with Crippen LogP contribution in [0.1, 0.15) is 76.0 Å². The Morgan fingerprint density at radius 2 is 1.72 bits per heavy atom. The summed E-state index contributed by atoms with van der Waals surface area (Å²) >= 11 is 1.88. The average Bonchev–Trinajstić information content (AvgIpc) is 3.88. The van der Waals surface area contributed by atoms with Crippen molar-refractivity contribution in [2.45, 2.75) is 95.0 Å². The predicted octanol–water partition coefficient (Wildman–Crippen LogP) is 1.04. The summed E-state index contributed by atoms with van der Waals surface area (Å²) in [6, 6.07) is -1.02. The molecule has 18 nitrogen and oxygen atoms in total. The summed E-state index contributed by atoms with van der Waals surface area (Å²) in [7, 11) is 0. The van der Waals surface area contributed by atoms with E-state index >= 15 is 0 Å². The number of unbranched alkanes of at least 4 members (excludes halogenated alkanes) is 1. The maximum atomic E-state index is 13.0. The van der Waals surface area contributed by atoms with E-state index < -0.39 is 24.2 Å². The first-order valence-electron chi connectivity index (χ1n) is 18.5. The first-order valence-corrected chi connectivity index (χ1v) is 19.5. The number of amides is 7. The molecular weight excluding hydrogens is 799 g/mol. The van der Waals surface area contributed by atoms with Crippen molar-refractivity contribution in [1.29, 1.82) is 0 Å². The number of hydrogen-bond acceptors (Lipinski definition) is 11. The fourth-order valence-corrected chi connectivity index (χ4v) is 7.96. The number of urea groups is 2. The Balaban J connectivity index is 0.00000784. The van der Waals surface area contributed by atoms with Crippen molar-refractivity contribution in [3.8, 4) is 0 Å². The first kappa shape index (κ1) is 45.8. The van der Waals surface area contributed by atoms with Crippen LogP contribution in [0.5, 0.6) is 0 Å². The standard InChI is InChI=1S/C34H56N9O9S.Y/c1-4-23-17-21(2)32(52-23)43-20-38-29(30(43)42-33(35)47)31(46)39-22(3)18-27(45)37-10-12-50-14-16-51-15-13-49-11-9-36-26(44)8-6-5-7-25-28-24(19-53-25)40-34(48)41-28;/h17,20-25,28,32H,4-16,18-19H2,1-3H3,(H,36,44)(H,37,45)(H,39,46)(H3,35,42,47)(H2,40,41,48);/q-1;/t21-,22+,23+,24+,25-,28+,32+;/m0./s1.